The van der Waals surface area contributed by atoms with Gasteiger partial charge < -0.3 is 19.7 Å². The van der Waals surface area contributed by atoms with Gasteiger partial charge in [0.25, 0.3) is 0 Å². The molecular formula is C23H27N5O2. The van der Waals surface area contributed by atoms with Crippen molar-refractivity contribution in [3.05, 3.63) is 48.0 Å². The molecule has 1 N–H and O–H groups in total. The molecule has 0 atom stereocenters. The maximum atomic E-state index is 5.51. The third kappa shape index (κ3) is 3.85. The van der Waals surface area contributed by atoms with Crippen molar-refractivity contribution < 1.29 is 9.47 Å². The van der Waals surface area contributed by atoms with Crippen LogP contribution in [0.4, 0.5) is 11.8 Å². The van der Waals surface area contributed by atoms with Gasteiger partial charge in [-0.05, 0) is 36.2 Å². The van der Waals surface area contributed by atoms with E-state index in [4.69, 9.17) is 19.4 Å². The molecule has 1 saturated heterocycles. The van der Waals surface area contributed by atoms with E-state index in [1.54, 1.807) is 0 Å². The summed E-state index contributed by atoms with van der Waals surface area (Å²) in [4.78, 5) is 14.5. The normalized spacial score (nSPS) is 16.2. The predicted molar refractivity (Wildman–Crippen MR) is 118 cm³/mol. The molecule has 7 heteroatoms. The Morgan fingerprint density at radius 1 is 0.967 bits per heavy atom. The lowest BCUT2D eigenvalue weighted by Gasteiger charge is -2.35. The highest BCUT2D eigenvalue weighted by atomic mass is 16.7. The van der Waals surface area contributed by atoms with Gasteiger partial charge in [-0.3, -0.25) is 4.90 Å². The molecule has 2 aromatic carbocycles. The molecule has 156 valence electrons. The smallest absolute Gasteiger partial charge is 0.231 e. The summed E-state index contributed by atoms with van der Waals surface area (Å²) in [7, 11) is 0. The van der Waals surface area contributed by atoms with Crippen molar-refractivity contribution >= 4 is 22.7 Å². The molecule has 1 fully saturated rings. The standard InChI is InChI=1S/C23H27N5O2/c1-2-9-24-22-18-5-3-4-6-19(18)25-23(26-22)28-12-10-27(11-13-28)15-17-7-8-20-21(14-17)30-16-29-20/h3-8,14H,2,9-13,15-16H2,1H3,(H,24,25,26). The van der Waals surface area contributed by atoms with Gasteiger partial charge in [0.15, 0.2) is 11.5 Å². The number of hydrogen-bond donors (Lipinski definition) is 1. The van der Waals surface area contributed by atoms with Gasteiger partial charge in [-0.1, -0.05) is 25.1 Å². The summed E-state index contributed by atoms with van der Waals surface area (Å²) in [6, 6.07) is 14.4. The molecule has 30 heavy (non-hydrogen) atoms. The summed E-state index contributed by atoms with van der Waals surface area (Å²) in [5, 5.41) is 4.55. The van der Waals surface area contributed by atoms with Crippen molar-refractivity contribution in [2.24, 2.45) is 0 Å². The molecule has 2 aliphatic heterocycles. The van der Waals surface area contributed by atoms with Crippen LogP contribution in [0.3, 0.4) is 0 Å². The first-order valence-corrected chi connectivity index (χ1v) is 10.7. The van der Waals surface area contributed by atoms with Crippen molar-refractivity contribution in [3.63, 3.8) is 0 Å². The number of nitrogens with one attached hydrogen (secondary N) is 1. The third-order valence-corrected chi connectivity index (χ3v) is 5.63. The molecule has 0 saturated carbocycles. The van der Waals surface area contributed by atoms with Crippen LogP contribution < -0.4 is 19.7 Å². The highest BCUT2D eigenvalue weighted by Crippen LogP contribution is 2.33. The molecule has 0 aliphatic carbocycles. The molecule has 0 amide bonds. The average Bonchev–Trinajstić information content (AvgIpc) is 3.26. The Morgan fingerprint density at radius 3 is 2.67 bits per heavy atom. The van der Waals surface area contributed by atoms with Gasteiger partial charge in [0.05, 0.1) is 5.52 Å². The summed E-state index contributed by atoms with van der Waals surface area (Å²) in [6.45, 7) is 8.07. The van der Waals surface area contributed by atoms with Crippen LogP contribution in [0.1, 0.15) is 18.9 Å². The first-order chi connectivity index (χ1) is 14.8. The molecule has 0 radical (unpaired) electrons. The van der Waals surface area contributed by atoms with Crippen LogP contribution in [-0.4, -0.2) is 54.4 Å². The fraction of sp³-hybridized carbons (Fsp3) is 0.391. The topological polar surface area (TPSA) is 62.8 Å². The van der Waals surface area contributed by atoms with E-state index in [9.17, 15) is 0 Å². The van der Waals surface area contributed by atoms with Crippen LogP contribution in [-0.2, 0) is 6.54 Å². The quantitative estimate of drug-likeness (QED) is 0.673. The number of aromatic nitrogens is 2. The largest absolute Gasteiger partial charge is 0.454 e. The van der Waals surface area contributed by atoms with Crippen LogP contribution in [0.25, 0.3) is 10.9 Å². The fourth-order valence-electron chi connectivity index (χ4n) is 3.99. The van der Waals surface area contributed by atoms with E-state index in [2.05, 4.69) is 46.3 Å². The number of nitrogens with zero attached hydrogens (tertiary/aromatic N) is 4. The molecule has 0 bridgehead atoms. The van der Waals surface area contributed by atoms with E-state index in [1.165, 1.54) is 5.56 Å². The fourth-order valence-corrected chi connectivity index (χ4v) is 3.99. The van der Waals surface area contributed by atoms with E-state index in [0.29, 0.717) is 6.79 Å². The summed E-state index contributed by atoms with van der Waals surface area (Å²) in [6.07, 6.45) is 1.06. The summed E-state index contributed by atoms with van der Waals surface area (Å²) in [5.74, 6) is 3.43. The lowest BCUT2D eigenvalue weighted by molar-refractivity contribution is 0.174. The van der Waals surface area contributed by atoms with Crippen LogP contribution in [0.5, 0.6) is 11.5 Å². The monoisotopic (exact) mass is 405 g/mol. The lowest BCUT2D eigenvalue weighted by atomic mass is 10.1. The highest BCUT2D eigenvalue weighted by Gasteiger charge is 2.21. The first kappa shape index (κ1) is 18.9. The maximum absolute atomic E-state index is 5.51. The molecule has 2 aliphatic rings. The average molecular weight is 406 g/mol. The second-order valence-electron chi connectivity index (χ2n) is 7.77. The Kier molecular flexibility index (Phi) is 5.27. The SMILES string of the molecule is CCCNc1nc(N2CCN(Cc3ccc4c(c3)OCO4)CC2)nc2ccccc12. The second kappa shape index (κ2) is 8.36. The zero-order valence-corrected chi connectivity index (χ0v) is 17.3. The Balaban J connectivity index is 1.27. The van der Waals surface area contributed by atoms with Gasteiger partial charge in [0, 0.05) is 44.7 Å². The predicted octanol–water partition coefficient (Wildman–Crippen LogP) is 3.50. The van der Waals surface area contributed by atoms with Crippen molar-refractivity contribution in [2.45, 2.75) is 19.9 Å². The second-order valence-corrected chi connectivity index (χ2v) is 7.77. The molecule has 7 nitrogen and oxygen atoms in total. The number of ether oxygens (including phenoxy) is 2. The molecule has 5 rings (SSSR count). The van der Waals surface area contributed by atoms with E-state index < -0.39 is 0 Å². The highest BCUT2D eigenvalue weighted by molar-refractivity contribution is 5.90. The van der Waals surface area contributed by atoms with Gasteiger partial charge in [-0.2, -0.15) is 4.98 Å². The summed E-state index contributed by atoms with van der Waals surface area (Å²) >= 11 is 0. The number of piperazine rings is 1. The van der Waals surface area contributed by atoms with Gasteiger partial charge in [0.2, 0.25) is 12.7 Å². The Morgan fingerprint density at radius 2 is 1.80 bits per heavy atom. The van der Waals surface area contributed by atoms with E-state index >= 15 is 0 Å². The Hall–Kier alpha value is -3.06. The number of hydrogen-bond acceptors (Lipinski definition) is 7. The number of anilines is 2. The van der Waals surface area contributed by atoms with E-state index in [-0.39, 0.29) is 0 Å². The van der Waals surface area contributed by atoms with Crippen molar-refractivity contribution in [1.29, 1.82) is 0 Å². The van der Waals surface area contributed by atoms with Gasteiger partial charge in [-0.25, -0.2) is 4.98 Å². The summed E-state index contributed by atoms with van der Waals surface area (Å²) in [5.41, 5.74) is 2.24. The molecule has 0 unspecified atom stereocenters. The third-order valence-electron chi connectivity index (χ3n) is 5.63. The van der Waals surface area contributed by atoms with Gasteiger partial charge in [0.1, 0.15) is 5.82 Å². The number of fused-ring (bicyclic) bond motifs is 2. The molecule has 1 aromatic heterocycles. The van der Waals surface area contributed by atoms with E-state index in [1.807, 2.05) is 18.2 Å². The number of benzene rings is 2. The zero-order valence-electron chi connectivity index (χ0n) is 17.3. The van der Waals surface area contributed by atoms with E-state index in [0.717, 1.165) is 79.9 Å². The van der Waals surface area contributed by atoms with Crippen LogP contribution in [0, 0.1) is 0 Å². The van der Waals surface area contributed by atoms with Crippen molar-refractivity contribution in [1.82, 2.24) is 14.9 Å². The van der Waals surface area contributed by atoms with Crippen molar-refractivity contribution in [2.75, 3.05) is 49.7 Å². The van der Waals surface area contributed by atoms with Crippen LogP contribution >= 0.6 is 0 Å². The number of para-hydroxylation sites is 1. The van der Waals surface area contributed by atoms with Gasteiger partial charge in [-0.15, -0.1) is 0 Å². The molecular weight excluding hydrogens is 378 g/mol. The van der Waals surface area contributed by atoms with Crippen LogP contribution in [0.2, 0.25) is 0 Å². The maximum Gasteiger partial charge on any atom is 0.231 e. The van der Waals surface area contributed by atoms with Gasteiger partial charge >= 0.3 is 0 Å². The number of rotatable bonds is 6. The minimum Gasteiger partial charge on any atom is -0.454 e. The minimum atomic E-state index is 0.318. The Bertz CT molecular complexity index is 1030. The Labute approximate surface area is 176 Å². The minimum absolute atomic E-state index is 0.318. The first-order valence-electron chi connectivity index (χ1n) is 10.7. The molecule has 3 heterocycles. The lowest BCUT2D eigenvalue weighted by Crippen LogP contribution is -2.46. The summed E-state index contributed by atoms with van der Waals surface area (Å²) < 4.78 is 10.9. The van der Waals surface area contributed by atoms with Crippen LogP contribution in [0.15, 0.2) is 42.5 Å². The molecule has 0 spiro atoms. The zero-order chi connectivity index (χ0) is 20.3. The van der Waals surface area contributed by atoms with Crippen molar-refractivity contribution in [3.8, 4) is 11.5 Å². The molecule has 3 aromatic rings.